The highest BCUT2D eigenvalue weighted by atomic mass is 16.3. The minimum Gasteiger partial charge on any atom is -0.508 e. The molecule has 0 amide bonds. The van der Waals surface area contributed by atoms with Crippen LogP contribution in [0.2, 0.25) is 0 Å². The van der Waals surface area contributed by atoms with Crippen molar-refractivity contribution >= 4 is 0 Å². The minimum absolute atomic E-state index is 0.101. The molecule has 2 aliphatic carbocycles. The second kappa shape index (κ2) is 2.50. The number of fused-ring (bicyclic) bond motifs is 1. The molecule has 0 heterocycles. The van der Waals surface area contributed by atoms with E-state index in [0.717, 1.165) is 12.0 Å². The Kier molecular flexibility index (Phi) is 1.66. The fraction of sp³-hybridized carbons (Fsp3) is 0.500. The summed E-state index contributed by atoms with van der Waals surface area (Å²) < 4.78 is 0. The van der Waals surface area contributed by atoms with Gasteiger partial charge < -0.3 is 5.11 Å². The standard InChI is InChI=1S/C12H16O/c1-8-7-9-5-4-6-10(13)11(9)12(8,2)3/h4,6-8,13H,5H2,1-3H3. The Hall–Kier alpha value is -0.980. The summed E-state index contributed by atoms with van der Waals surface area (Å²) >= 11 is 0. The lowest BCUT2D eigenvalue weighted by Crippen LogP contribution is -2.19. The highest BCUT2D eigenvalue weighted by Crippen LogP contribution is 2.49. The molecule has 1 heteroatoms. The van der Waals surface area contributed by atoms with Gasteiger partial charge in [0.05, 0.1) is 0 Å². The van der Waals surface area contributed by atoms with Crippen LogP contribution in [0.25, 0.3) is 0 Å². The summed E-state index contributed by atoms with van der Waals surface area (Å²) in [5.74, 6) is 0.992. The molecule has 0 radical (unpaired) electrons. The van der Waals surface area contributed by atoms with Crippen LogP contribution in [-0.4, -0.2) is 5.11 Å². The topological polar surface area (TPSA) is 20.2 Å². The lowest BCUT2D eigenvalue weighted by Gasteiger charge is -2.28. The van der Waals surface area contributed by atoms with Crippen LogP contribution in [0, 0.1) is 11.3 Å². The normalized spacial score (nSPS) is 30.4. The molecule has 1 unspecified atom stereocenters. The maximum atomic E-state index is 9.78. The molecule has 0 fully saturated rings. The van der Waals surface area contributed by atoms with Crippen LogP contribution in [0.5, 0.6) is 0 Å². The van der Waals surface area contributed by atoms with Crippen molar-refractivity contribution < 1.29 is 5.11 Å². The molecule has 0 saturated carbocycles. The van der Waals surface area contributed by atoms with Crippen molar-refractivity contribution in [2.24, 2.45) is 11.3 Å². The van der Waals surface area contributed by atoms with Gasteiger partial charge in [0.25, 0.3) is 0 Å². The van der Waals surface area contributed by atoms with Crippen LogP contribution in [-0.2, 0) is 0 Å². The molecule has 1 N–H and O–H groups in total. The zero-order valence-electron chi connectivity index (χ0n) is 8.46. The molecule has 70 valence electrons. The second-order valence-electron chi connectivity index (χ2n) is 4.57. The summed E-state index contributed by atoms with van der Waals surface area (Å²) in [6, 6.07) is 0. The van der Waals surface area contributed by atoms with E-state index in [1.807, 2.05) is 12.2 Å². The number of hydrogen-bond acceptors (Lipinski definition) is 1. The smallest absolute Gasteiger partial charge is 0.119 e. The molecule has 0 spiro atoms. The number of allylic oxidation sites excluding steroid dienone is 5. The Morgan fingerprint density at radius 1 is 1.46 bits per heavy atom. The van der Waals surface area contributed by atoms with Crippen molar-refractivity contribution in [3.8, 4) is 0 Å². The van der Waals surface area contributed by atoms with Crippen LogP contribution in [0.3, 0.4) is 0 Å². The third-order valence-corrected chi connectivity index (χ3v) is 3.42. The van der Waals surface area contributed by atoms with E-state index in [9.17, 15) is 5.11 Å². The van der Waals surface area contributed by atoms with E-state index in [0.29, 0.717) is 11.7 Å². The first-order valence-corrected chi connectivity index (χ1v) is 4.85. The Morgan fingerprint density at radius 2 is 2.15 bits per heavy atom. The molecule has 2 aliphatic rings. The Bertz CT molecular complexity index is 329. The van der Waals surface area contributed by atoms with Crippen molar-refractivity contribution in [3.63, 3.8) is 0 Å². The summed E-state index contributed by atoms with van der Waals surface area (Å²) in [7, 11) is 0. The van der Waals surface area contributed by atoms with Crippen molar-refractivity contribution in [2.45, 2.75) is 27.2 Å². The van der Waals surface area contributed by atoms with Gasteiger partial charge in [0, 0.05) is 5.57 Å². The molecule has 0 saturated heterocycles. The van der Waals surface area contributed by atoms with Gasteiger partial charge >= 0.3 is 0 Å². The molecule has 2 rings (SSSR count). The van der Waals surface area contributed by atoms with Crippen LogP contribution >= 0.6 is 0 Å². The summed E-state index contributed by atoms with van der Waals surface area (Å²) in [6.07, 6.45) is 7.12. The molecule has 0 aromatic heterocycles. The zero-order valence-corrected chi connectivity index (χ0v) is 8.46. The number of rotatable bonds is 0. The quantitative estimate of drug-likeness (QED) is 0.600. The SMILES string of the molecule is CC1C=C2CC=CC(O)=C2C1(C)C. The van der Waals surface area contributed by atoms with Crippen LogP contribution in [0.1, 0.15) is 27.2 Å². The molecular weight excluding hydrogens is 160 g/mol. The summed E-state index contributed by atoms with van der Waals surface area (Å²) in [6.45, 7) is 6.61. The minimum atomic E-state index is 0.101. The highest BCUT2D eigenvalue weighted by molar-refractivity contribution is 5.50. The fourth-order valence-electron chi connectivity index (χ4n) is 2.28. The third kappa shape index (κ3) is 1.06. The van der Waals surface area contributed by atoms with Gasteiger partial charge in [0.15, 0.2) is 0 Å². The molecule has 0 aromatic carbocycles. The summed E-state index contributed by atoms with van der Waals surface area (Å²) in [5, 5.41) is 9.78. The predicted molar refractivity (Wildman–Crippen MR) is 54.4 cm³/mol. The van der Waals surface area contributed by atoms with E-state index < -0.39 is 0 Å². The van der Waals surface area contributed by atoms with Crippen molar-refractivity contribution in [1.29, 1.82) is 0 Å². The molecule has 1 atom stereocenters. The van der Waals surface area contributed by atoms with Crippen LogP contribution < -0.4 is 0 Å². The molecule has 0 aromatic rings. The lowest BCUT2D eigenvalue weighted by atomic mass is 9.76. The van der Waals surface area contributed by atoms with Crippen LogP contribution in [0.15, 0.2) is 35.1 Å². The van der Waals surface area contributed by atoms with Gasteiger partial charge in [-0.2, -0.15) is 0 Å². The molecular formula is C12H16O. The molecule has 13 heavy (non-hydrogen) atoms. The second-order valence-corrected chi connectivity index (χ2v) is 4.57. The van der Waals surface area contributed by atoms with Gasteiger partial charge in [-0.1, -0.05) is 32.9 Å². The maximum absolute atomic E-state index is 9.78. The predicted octanol–water partition coefficient (Wildman–Crippen LogP) is 3.36. The average molecular weight is 176 g/mol. The van der Waals surface area contributed by atoms with Crippen LogP contribution in [0.4, 0.5) is 0 Å². The van der Waals surface area contributed by atoms with Crippen molar-refractivity contribution in [2.75, 3.05) is 0 Å². The van der Waals surface area contributed by atoms with Gasteiger partial charge in [-0.15, -0.1) is 0 Å². The van der Waals surface area contributed by atoms with Crippen molar-refractivity contribution in [3.05, 3.63) is 35.1 Å². The number of aliphatic hydroxyl groups is 1. The first kappa shape index (κ1) is 8.61. The highest BCUT2D eigenvalue weighted by Gasteiger charge is 2.38. The summed E-state index contributed by atoms with van der Waals surface area (Å²) in [4.78, 5) is 0. The van der Waals surface area contributed by atoms with Gasteiger partial charge in [-0.25, -0.2) is 0 Å². The van der Waals surface area contributed by atoms with Gasteiger partial charge in [-0.05, 0) is 29.4 Å². The van der Waals surface area contributed by atoms with E-state index in [4.69, 9.17) is 0 Å². The molecule has 0 bridgehead atoms. The van der Waals surface area contributed by atoms with Gasteiger partial charge in [0.1, 0.15) is 5.76 Å². The Balaban J connectivity index is 2.55. The number of aliphatic hydroxyl groups excluding tert-OH is 1. The lowest BCUT2D eigenvalue weighted by molar-refractivity contribution is 0.336. The first-order valence-electron chi connectivity index (χ1n) is 4.85. The van der Waals surface area contributed by atoms with Gasteiger partial charge in [0.2, 0.25) is 0 Å². The fourth-order valence-corrected chi connectivity index (χ4v) is 2.28. The first-order chi connectivity index (χ1) is 6.03. The number of hydrogen-bond donors (Lipinski definition) is 1. The largest absolute Gasteiger partial charge is 0.508 e. The van der Waals surface area contributed by atoms with Gasteiger partial charge in [-0.3, -0.25) is 0 Å². The van der Waals surface area contributed by atoms with E-state index >= 15 is 0 Å². The third-order valence-electron chi connectivity index (χ3n) is 3.42. The summed E-state index contributed by atoms with van der Waals surface area (Å²) in [5.41, 5.74) is 2.57. The Labute approximate surface area is 79.5 Å². The van der Waals surface area contributed by atoms with E-state index in [1.165, 1.54) is 5.57 Å². The van der Waals surface area contributed by atoms with E-state index in [2.05, 4.69) is 26.8 Å². The Morgan fingerprint density at radius 3 is 2.77 bits per heavy atom. The van der Waals surface area contributed by atoms with E-state index in [-0.39, 0.29) is 5.41 Å². The zero-order chi connectivity index (χ0) is 9.64. The monoisotopic (exact) mass is 176 g/mol. The average Bonchev–Trinajstić information content (AvgIpc) is 2.24. The van der Waals surface area contributed by atoms with Crippen molar-refractivity contribution in [1.82, 2.24) is 0 Å². The molecule has 0 aliphatic heterocycles. The maximum Gasteiger partial charge on any atom is 0.119 e. The van der Waals surface area contributed by atoms with E-state index in [1.54, 1.807) is 0 Å². The molecule has 1 nitrogen and oxygen atoms in total.